The summed E-state index contributed by atoms with van der Waals surface area (Å²) >= 11 is 0. The van der Waals surface area contributed by atoms with Gasteiger partial charge in [0.1, 0.15) is 0 Å². The van der Waals surface area contributed by atoms with E-state index in [9.17, 15) is 9.90 Å². The summed E-state index contributed by atoms with van der Waals surface area (Å²) in [5.74, 6) is 0.200. The lowest BCUT2D eigenvalue weighted by Gasteiger charge is -2.48. The number of β-amino-alcohol motifs (C(OH)–C–C–N with tert-alkyl or cyclic N) is 1. The average molecular weight is 345 g/mol. The van der Waals surface area contributed by atoms with E-state index < -0.39 is 0 Å². The third-order valence-electron chi connectivity index (χ3n) is 5.69. The predicted octanol–water partition coefficient (Wildman–Crippen LogP) is 1.38. The van der Waals surface area contributed by atoms with Gasteiger partial charge in [0.05, 0.1) is 6.61 Å². The Morgan fingerprint density at radius 2 is 2.04 bits per heavy atom. The van der Waals surface area contributed by atoms with Gasteiger partial charge in [0.2, 0.25) is 5.91 Å². The first-order chi connectivity index (χ1) is 12.1. The number of rotatable bonds is 6. The van der Waals surface area contributed by atoms with Crippen LogP contribution in [0.5, 0.6) is 0 Å². The van der Waals surface area contributed by atoms with Crippen LogP contribution in [0.4, 0.5) is 0 Å². The smallest absolute Gasteiger partial charge is 0.222 e. The molecule has 0 saturated carbocycles. The van der Waals surface area contributed by atoms with Crippen molar-refractivity contribution in [2.75, 3.05) is 39.3 Å². The Morgan fingerprint density at radius 3 is 2.84 bits per heavy atom. The quantitative estimate of drug-likeness (QED) is 0.817. The number of piperidine rings is 2. The van der Waals surface area contributed by atoms with Crippen molar-refractivity contribution in [2.45, 2.75) is 38.6 Å². The van der Waals surface area contributed by atoms with E-state index >= 15 is 0 Å². The van der Waals surface area contributed by atoms with Crippen LogP contribution < -0.4 is 5.73 Å². The molecule has 2 saturated heterocycles. The zero-order valence-electron chi connectivity index (χ0n) is 15.1. The molecule has 2 heterocycles. The molecule has 5 nitrogen and oxygen atoms in total. The SMILES string of the molecule is NCCc1cccc(CN2CCC[C@@]3(CCC(=O)N(CCO)C3)C2)c1. The van der Waals surface area contributed by atoms with Crippen molar-refractivity contribution < 1.29 is 9.90 Å². The lowest BCUT2D eigenvalue weighted by Crippen LogP contribution is -2.54. The highest BCUT2D eigenvalue weighted by molar-refractivity contribution is 5.77. The standard InChI is InChI=1S/C20H31N3O2/c21-9-6-17-3-1-4-18(13-17)14-22-10-2-7-20(15-22)8-5-19(25)23(16-20)11-12-24/h1,3-4,13,24H,2,5-12,14-16,21H2/t20-/m1/s1. The summed E-state index contributed by atoms with van der Waals surface area (Å²) in [5.41, 5.74) is 8.54. The second kappa shape index (κ2) is 8.30. The Kier molecular flexibility index (Phi) is 6.10. The highest BCUT2D eigenvalue weighted by Crippen LogP contribution is 2.39. The first kappa shape index (κ1) is 18.4. The number of nitrogens with two attached hydrogens (primary N) is 1. The summed E-state index contributed by atoms with van der Waals surface area (Å²) in [7, 11) is 0. The summed E-state index contributed by atoms with van der Waals surface area (Å²) in [6.07, 6.45) is 4.91. The van der Waals surface area contributed by atoms with E-state index in [-0.39, 0.29) is 17.9 Å². The molecule has 0 bridgehead atoms. The predicted molar refractivity (Wildman–Crippen MR) is 99.0 cm³/mol. The number of carbonyl (C=O) groups is 1. The van der Waals surface area contributed by atoms with Gasteiger partial charge in [-0.1, -0.05) is 24.3 Å². The summed E-state index contributed by atoms with van der Waals surface area (Å²) in [6.45, 7) is 5.15. The summed E-state index contributed by atoms with van der Waals surface area (Å²) in [5, 5.41) is 9.23. The van der Waals surface area contributed by atoms with Crippen LogP contribution in [0, 0.1) is 5.41 Å². The zero-order chi connectivity index (χ0) is 17.7. The van der Waals surface area contributed by atoms with E-state index in [2.05, 4.69) is 29.2 Å². The van der Waals surface area contributed by atoms with E-state index in [0.29, 0.717) is 19.5 Å². The molecular weight excluding hydrogens is 314 g/mol. The van der Waals surface area contributed by atoms with E-state index in [1.165, 1.54) is 24.0 Å². The largest absolute Gasteiger partial charge is 0.395 e. The molecule has 138 valence electrons. The normalized spacial score (nSPS) is 24.9. The van der Waals surface area contributed by atoms with Gasteiger partial charge in [-0.25, -0.2) is 0 Å². The van der Waals surface area contributed by atoms with Gasteiger partial charge in [0.15, 0.2) is 0 Å². The van der Waals surface area contributed by atoms with Gasteiger partial charge >= 0.3 is 0 Å². The third kappa shape index (κ3) is 4.60. The Hall–Kier alpha value is -1.43. The van der Waals surface area contributed by atoms with Crippen LogP contribution in [-0.4, -0.2) is 60.1 Å². The van der Waals surface area contributed by atoms with Gasteiger partial charge in [-0.15, -0.1) is 0 Å². The van der Waals surface area contributed by atoms with Crippen LogP contribution in [-0.2, 0) is 17.8 Å². The number of aliphatic hydroxyl groups excluding tert-OH is 1. The Balaban J connectivity index is 1.64. The van der Waals surface area contributed by atoms with Crippen molar-refractivity contribution in [1.82, 2.24) is 9.80 Å². The number of aliphatic hydroxyl groups is 1. The van der Waals surface area contributed by atoms with Crippen molar-refractivity contribution in [1.29, 1.82) is 0 Å². The maximum atomic E-state index is 12.1. The third-order valence-corrected chi connectivity index (χ3v) is 5.69. The van der Waals surface area contributed by atoms with Gasteiger partial charge < -0.3 is 15.7 Å². The molecule has 0 aliphatic carbocycles. The molecule has 2 aliphatic rings. The first-order valence-corrected chi connectivity index (χ1v) is 9.53. The van der Waals surface area contributed by atoms with Gasteiger partial charge in [0.25, 0.3) is 0 Å². The van der Waals surface area contributed by atoms with Crippen LogP contribution in [0.2, 0.25) is 0 Å². The summed E-state index contributed by atoms with van der Waals surface area (Å²) < 4.78 is 0. The highest BCUT2D eigenvalue weighted by Gasteiger charge is 2.41. The molecule has 3 rings (SSSR count). The molecule has 25 heavy (non-hydrogen) atoms. The minimum absolute atomic E-state index is 0.0550. The summed E-state index contributed by atoms with van der Waals surface area (Å²) in [6, 6.07) is 8.75. The van der Waals surface area contributed by atoms with E-state index in [4.69, 9.17) is 5.73 Å². The van der Waals surface area contributed by atoms with E-state index in [1.54, 1.807) is 0 Å². The first-order valence-electron chi connectivity index (χ1n) is 9.53. The van der Waals surface area contributed by atoms with Crippen LogP contribution in [0.15, 0.2) is 24.3 Å². The van der Waals surface area contributed by atoms with Gasteiger partial charge in [-0.05, 0) is 49.9 Å². The summed E-state index contributed by atoms with van der Waals surface area (Å²) in [4.78, 5) is 16.5. The lowest BCUT2D eigenvalue weighted by atomic mass is 9.73. The molecule has 1 amide bonds. The van der Waals surface area contributed by atoms with Crippen LogP contribution in [0.3, 0.4) is 0 Å². The molecule has 3 N–H and O–H groups in total. The number of amides is 1. The molecular formula is C20H31N3O2. The van der Waals surface area contributed by atoms with Crippen molar-refractivity contribution in [3.63, 3.8) is 0 Å². The maximum Gasteiger partial charge on any atom is 0.222 e. The Labute approximate surface area is 150 Å². The molecule has 0 radical (unpaired) electrons. The van der Waals surface area contributed by atoms with Gasteiger partial charge in [-0.3, -0.25) is 9.69 Å². The maximum absolute atomic E-state index is 12.1. The number of hydrogen-bond acceptors (Lipinski definition) is 4. The fourth-order valence-electron chi connectivity index (χ4n) is 4.51. The number of nitrogens with zero attached hydrogens (tertiary/aromatic N) is 2. The van der Waals surface area contributed by atoms with Crippen molar-refractivity contribution in [2.24, 2.45) is 11.1 Å². The molecule has 2 aliphatic heterocycles. The second-order valence-corrected chi connectivity index (χ2v) is 7.71. The average Bonchev–Trinajstić information content (AvgIpc) is 2.60. The number of carbonyl (C=O) groups excluding carboxylic acids is 1. The molecule has 1 aromatic rings. The fraction of sp³-hybridized carbons (Fsp3) is 0.650. The highest BCUT2D eigenvalue weighted by atomic mass is 16.3. The molecule has 1 atom stereocenters. The molecule has 1 aromatic carbocycles. The van der Waals surface area contributed by atoms with Crippen LogP contribution >= 0.6 is 0 Å². The Morgan fingerprint density at radius 1 is 1.20 bits per heavy atom. The minimum atomic E-state index is 0.0550. The van der Waals surface area contributed by atoms with E-state index in [1.807, 2.05) is 4.90 Å². The van der Waals surface area contributed by atoms with Crippen LogP contribution in [0.1, 0.15) is 36.8 Å². The van der Waals surface area contributed by atoms with Crippen molar-refractivity contribution in [3.05, 3.63) is 35.4 Å². The molecule has 0 unspecified atom stereocenters. The Bertz CT molecular complexity index is 592. The topological polar surface area (TPSA) is 69.8 Å². The number of benzene rings is 1. The lowest BCUT2D eigenvalue weighted by molar-refractivity contribution is -0.140. The second-order valence-electron chi connectivity index (χ2n) is 7.71. The monoisotopic (exact) mass is 345 g/mol. The molecule has 0 aromatic heterocycles. The van der Waals surface area contributed by atoms with Gasteiger partial charge in [-0.2, -0.15) is 0 Å². The number of hydrogen-bond donors (Lipinski definition) is 2. The van der Waals surface area contributed by atoms with Crippen LogP contribution in [0.25, 0.3) is 0 Å². The zero-order valence-corrected chi connectivity index (χ0v) is 15.1. The molecule has 1 spiro atoms. The molecule has 2 fully saturated rings. The van der Waals surface area contributed by atoms with Crippen molar-refractivity contribution in [3.8, 4) is 0 Å². The minimum Gasteiger partial charge on any atom is -0.395 e. The molecule has 5 heteroatoms. The van der Waals surface area contributed by atoms with E-state index in [0.717, 1.165) is 39.0 Å². The fourth-order valence-corrected chi connectivity index (χ4v) is 4.51. The van der Waals surface area contributed by atoms with Gasteiger partial charge in [0, 0.05) is 38.0 Å². The number of likely N-dealkylation sites (tertiary alicyclic amines) is 2. The van der Waals surface area contributed by atoms with Crippen molar-refractivity contribution >= 4 is 5.91 Å².